The highest BCUT2D eigenvalue weighted by Crippen LogP contribution is 2.28. The predicted octanol–water partition coefficient (Wildman–Crippen LogP) is 2.35. The highest BCUT2D eigenvalue weighted by molar-refractivity contribution is 9.10. The summed E-state index contributed by atoms with van der Waals surface area (Å²) < 4.78 is 17.9. The second kappa shape index (κ2) is 6.26. The number of hydrogen-bond acceptors (Lipinski definition) is 4. The fourth-order valence-corrected chi connectivity index (χ4v) is 2.71. The van der Waals surface area contributed by atoms with Crippen LogP contribution in [0.5, 0.6) is 0 Å². The van der Waals surface area contributed by atoms with E-state index in [4.69, 9.17) is 9.52 Å². The number of nitrogens with zero attached hydrogens (tertiary/aromatic N) is 1. The molecule has 0 aliphatic rings. The molecule has 2 aromatic rings. The molecule has 0 fully saturated rings. The van der Waals surface area contributed by atoms with Gasteiger partial charge in [0.15, 0.2) is 5.76 Å². The summed E-state index contributed by atoms with van der Waals surface area (Å²) in [4.78, 5) is 4.09. The summed E-state index contributed by atoms with van der Waals surface area (Å²) in [6, 6.07) is 7.66. The predicted molar refractivity (Wildman–Crippen MR) is 73.4 cm³/mol. The lowest BCUT2D eigenvalue weighted by molar-refractivity contribution is 0.321. The van der Waals surface area contributed by atoms with E-state index in [1.807, 2.05) is 24.3 Å². The number of oxazole rings is 1. The van der Waals surface area contributed by atoms with E-state index in [9.17, 15) is 4.21 Å². The summed E-state index contributed by atoms with van der Waals surface area (Å²) in [5.74, 6) is 1.53. The van der Waals surface area contributed by atoms with E-state index in [1.54, 1.807) is 6.20 Å². The number of hydrogen-bond donors (Lipinski definition) is 1. The topological polar surface area (TPSA) is 63.3 Å². The Morgan fingerprint density at radius 3 is 2.89 bits per heavy atom. The molecule has 0 spiro atoms. The van der Waals surface area contributed by atoms with Crippen LogP contribution in [0.15, 0.2) is 39.4 Å². The van der Waals surface area contributed by atoms with Crippen LogP contribution >= 0.6 is 15.9 Å². The summed E-state index contributed by atoms with van der Waals surface area (Å²) in [5.41, 5.74) is 0.907. The van der Waals surface area contributed by atoms with Gasteiger partial charge in [-0.1, -0.05) is 34.1 Å². The summed E-state index contributed by atoms with van der Waals surface area (Å²) in [6.45, 7) is -0.0928. The maximum absolute atomic E-state index is 11.5. The van der Waals surface area contributed by atoms with E-state index in [-0.39, 0.29) is 18.1 Å². The minimum Gasteiger partial charge on any atom is -0.440 e. The molecule has 0 radical (unpaired) electrons. The normalized spacial score (nSPS) is 12.6. The Hall–Kier alpha value is -0.980. The lowest BCUT2D eigenvalue weighted by atomic mass is 10.2. The third-order valence-corrected chi connectivity index (χ3v) is 4.19. The van der Waals surface area contributed by atoms with Gasteiger partial charge in [0.25, 0.3) is 0 Å². The minimum absolute atomic E-state index is 0.0928. The fourth-order valence-electron chi connectivity index (χ4n) is 1.47. The summed E-state index contributed by atoms with van der Waals surface area (Å²) >= 11 is 3.44. The zero-order valence-corrected chi connectivity index (χ0v) is 11.9. The van der Waals surface area contributed by atoms with Crippen LogP contribution in [-0.2, 0) is 16.6 Å². The highest BCUT2D eigenvalue weighted by Gasteiger charge is 2.11. The van der Waals surface area contributed by atoms with Crippen molar-refractivity contribution >= 4 is 26.7 Å². The zero-order valence-electron chi connectivity index (χ0n) is 9.51. The van der Waals surface area contributed by atoms with Crippen LogP contribution < -0.4 is 0 Å². The van der Waals surface area contributed by atoms with Gasteiger partial charge in [0.05, 0.1) is 12.8 Å². The van der Waals surface area contributed by atoms with Gasteiger partial charge in [0.2, 0.25) is 5.89 Å². The van der Waals surface area contributed by atoms with Gasteiger partial charge in [-0.05, 0) is 6.07 Å². The van der Waals surface area contributed by atoms with Crippen molar-refractivity contribution in [2.24, 2.45) is 0 Å². The van der Waals surface area contributed by atoms with Crippen LogP contribution in [0.3, 0.4) is 0 Å². The van der Waals surface area contributed by atoms with Crippen molar-refractivity contribution in [1.82, 2.24) is 4.98 Å². The number of rotatable bonds is 5. The maximum atomic E-state index is 11.5. The largest absolute Gasteiger partial charge is 0.440 e. The molecule has 0 aliphatic heterocycles. The maximum Gasteiger partial charge on any atom is 0.207 e. The van der Waals surface area contributed by atoms with E-state index in [0.717, 1.165) is 10.0 Å². The molecule has 1 aromatic carbocycles. The molecular weight excluding hydrogens is 318 g/mol. The van der Waals surface area contributed by atoms with Gasteiger partial charge in [-0.15, -0.1) is 0 Å². The van der Waals surface area contributed by atoms with Crippen LogP contribution in [0.2, 0.25) is 0 Å². The Morgan fingerprint density at radius 1 is 1.39 bits per heavy atom. The van der Waals surface area contributed by atoms with Crippen LogP contribution in [0, 0.1) is 0 Å². The number of halogens is 1. The van der Waals surface area contributed by atoms with Crippen LogP contribution in [0.25, 0.3) is 11.3 Å². The van der Waals surface area contributed by atoms with E-state index < -0.39 is 10.8 Å². The third-order valence-electron chi connectivity index (χ3n) is 2.30. The summed E-state index contributed by atoms with van der Waals surface area (Å²) in [5, 5.41) is 8.68. The molecule has 96 valence electrons. The molecule has 0 amide bonds. The molecule has 0 bridgehead atoms. The number of benzene rings is 1. The molecule has 1 N–H and O–H groups in total. The summed E-state index contributed by atoms with van der Waals surface area (Å²) in [7, 11) is -1.14. The first-order valence-electron chi connectivity index (χ1n) is 5.36. The van der Waals surface area contributed by atoms with Crippen molar-refractivity contribution in [3.63, 3.8) is 0 Å². The molecule has 0 saturated carbocycles. The zero-order chi connectivity index (χ0) is 13.0. The molecule has 1 unspecified atom stereocenters. The second-order valence-electron chi connectivity index (χ2n) is 3.61. The number of aliphatic hydroxyl groups is 1. The van der Waals surface area contributed by atoms with Gasteiger partial charge >= 0.3 is 0 Å². The Balaban J connectivity index is 2.16. The average molecular weight is 330 g/mol. The van der Waals surface area contributed by atoms with Gasteiger partial charge in [0, 0.05) is 26.6 Å². The Kier molecular flexibility index (Phi) is 4.68. The third kappa shape index (κ3) is 3.28. The van der Waals surface area contributed by atoms with E-state index in [1.165, 1.54) is 0 Å². The van der Waals surface area contributed by atoms with Crippen molar-refractivity contribution in [3.8, 4) is 11.3 Å². The molecule has 6 heteroatoms. The molecule has 2 rings (SSSR count). The van der Waals surface area contributed by atoms with Gasteiger partial charge in [-0.2, -0.15) is 0 Å². The molecule has 1 atom stereocenters. The lowest BCUT2D eigenvalue weighted by Gasteiger charge is -1.99. The first-order valence-corrected chi connectivity index (χ1v) is 7.64. The first-order chi connectivity index (χ1) is 8.70. The van der Waals surface area contributed by atoms with E-state index >= 15 is 0 Å². The molecule has 1 aromatic heterocycles. The molecular formula is C12H12BrNO3S. The molecule has 0 aliphatic carbocycles. The second-order valence-corrected chi connectivity index (χ2v) is 6.04. The van der Waals surface area contributed by atoms with Gasteiger partial charge in [0.1, 0.15) is 5.75 Å². The van der Waals surface area contributed by atoms with Crippen LogP contribution in [-0.4, -0.2) is 26.7 Å². The van der Waals surface area contributed by atoms with E-state index in [2.05, 4.69) is 20.9 Å². The number of aromatic nitrogens is 1. The van der Waals surface area contributed by atoms with Crippen LogP contribution in [0.1, 0.15) is 5.89 Å². The van der Waals surface area contributed by atoms with Crippen molar-refractivity contribution in [3.05, 3.63) is 40.8 Å². The van der Waals surface area contributed by atoms with Crippen molar-refractivity contribution in [2.75, 3.05) is 12.4 Å². The smallest absolute Gasteiger partial charge is 0.207 e. The van der Waals surface area contributed by atoms with Crippen molar-refractivity contribution < 1.29 is 13.7 Å². The molecule has 0 saturated heterocycles. The standard InChI is InChI=1S/C12H12BrNO3S/c13-10-4-2-1-3-9(10)11-7-14-12(17-11)8-18(16)6-5-15/h1-4,7,15H,5-6,8H2. The summed E-state index contributed by atoms with van der Waals surface area (Å²) in [6.07, 6.45) is 1.62. The molecule has 1 heterocycles. The highest BCUT2D eigenvalue weighted by atomic mass is 79.9. The van der Waals surface area contributed by atoms with Gasteiger partial charge < -0.3 is 9.52 Å². The van der Waals surface area contributed by atoms with Crippen LogP contribution in [0.4, 0.5) is 0 Å². The lowest BCUT2D eigenvalue weighted by Crippen LogP contribution is -2.04. The van der Waals surface area contributed by atoms with Gasteiger partial charge in [-0.3, -0.25) is 4.21 Å². The monoisotopic (exact) mass is 329 g/mol. The average Bonchev–Trinajstić information content (AvgIpc) is 2.78. The molecule has 4 nitrogen and oxygen atoms in total. The Bertz CT molecular complexity index is 556. The minimum atomic E-state index is -1.14. The Morgan fingerprint density at radius 2 is 2.17 bits per heavy atom. The quantitative estimate of drug-likeness (QED) is 0.914. The SMILES string of the molecule is O=S(CCO)Cc1ncc(-c2ccccc2Br)o1. The number of aliphatic hydroxyl groups excluding tert-OH is 1. The van der Waals surface area contributed by atoms with Crippen molar-refractivity contribution in [1.29, 1.82) is 0 Å². The van der Waals surface area contributed by atoms with Crippen molar-refractivity contribution in [2.45, 2.75) is 5.75 Å². The Labute approximate surface area is 116 Å². The van der Waals surface area contributed by atoms with Gasteiger partial charge in [-0.25, -0.2) is 4.98 Å². The fraction of sp³-hybridized carbons (Fsp3) is 0.250. The molecule has 18 heavy (non-hydrogen) atoms. The first kappa shape index (κ1) is 13.5. The van der Waals surface area contributed by atoms with E-state index in [0.29, 0.717) is 11.7 Å².